The summed E-state index contributed by atoms with van der Waals surface area (Å²) in [6, 6.07) is 16.5. The number of anilines is 1. The Balaban J connectivity index is 1.38. The molecule has 0 aromatic heterocycles. The van der Waals surface area contributed by atoms with E-state index in [0.29, 0.717) is 19.4 Å². The van der Waals surface area contributed by atoms with Crippen molar-refractivity contribution in [3.63, 3.8) is 0 Å². The zero-order valence-corrected chi connectivity index (χ0v) is 16.5. The van der Waals surface area contributed by atoms with Crippen molar-refractivity contribution in [2.45, 2.75) is 31.8 Å². The van der Waals surface area contributed by atoms with Gasteiger partial charge in [-0.15, -0.1) is 0 Å². The van der Waals surface area contributed by atoms with Gasteiger partial charge in [-0.05, 0) is 50.2 Å². The first-order valence-electron chi connectivity index (χ1n) is 10.2. The lowest BCUT2D eigenvalue weighted by Crippen LogP contribution is -2.57. The van der Waals surface area contributed by atoms with Crippen LogP contribution in [-0.4, -0.2) is 44.2 Å². The second kappa shape index (κ2) is 8.23. The van der Waals surface area contributed by atoms with E-state index in [-0.39, 0.29) is 5.91 Å². The van der Waals surface area contributed by atoms with Crippen LogP contribution < -0.4 is 20.3 Å². The topological polar surface area (TPSA) is 53.6 Å². The summed E-state index contributed by atoms with van der Waals surface area (Å²) in [6.45, 7) is 6.09. The fourth-order valence-corrected chi connectivity index (χ4v) is 4.14. The van der Waals surface area contributed by atoms with E-state index in [4.69, 9.17) is 4.74 Å². The minimum Gasteiger partial charge on any atom is -0.477 e. The van der Waals surface area contributed by atoms with Crippen molar-refractivity contribution in [2.75, 3.05) is 37.6 Å². The molecule has 2 N–H and O–H groups in total. The molecule has 28 heavy (non-hydrogen) atoms. The largest absolute Gasteiger partial charge is 0.477 e. The number of piperidine rings is 1. The SMILES string of the molecule is Cc1ccc(OC2(C(=O)NCCN3CCc4ccccc43)CCNCC2)cc1. The van der Waals surface area contributed by atoms with E-state index in [1.54, 1.807) is 0 Å². The molecule has 1 amide bonds. The number of hydrogen-bond acceptors (Lipinski definition) is 4. The Morgan fingerprint density at radius 2 is 1.89 bits per heavy atom. The van der Waals surface area contributed by atoms with Crippen molar-refractivity contribution in [3.05, 3.63) is 59.7 Å². The number of para-hydroxylation sites is 1. The van der Waals surface area contributed by atoms with Crippen LogP contribution >= 0.6 is 0 Å². The van der Waals surface area contributed by atoms with Gasteiger partial charge in [0.15, 0.2) is 5.60 Å². The number of carbonyl (C=O) groups excluding carboxylic acids is 1. The van der Waals surface area contributed by atoms with Crippen LogP contribution in [0.4, 0.5) is 5.69 Å². The highest BCUT2D eigenvalue weighted by Gasteiger charge is 2.42. The molecule has 4 rings (SSSR count). The molecule has 2 aromatic rings. The molecule has 0 bridgehead atoms. The van der Waals surface area contributed by atoms with Crippen molar-refractivity contribution in [1.82, 2.24) is 10.6 Å². The lowest BCUT2D eigenvalue weighted by atomic mass is 9.91. The lowest BCUT2D eigenvalue weighted by molar-refractivity contribution is -0.139. The third kappa shape index (κ3) is 3.99. The fraction of sp³-hybridized carbons (Fsp3) is 0.435. The number of nitrogens with one attached hydrogen (secondary N) is 2. The molecule has 0 spiro atoms. The van der Waals surface area contributed by atoms with Crippen LogP contribution in [0.25, 0.3) is 0 Å². The fourth-order valence-electron chi connectivity index (χ4n) is 4.14. The molecular weight excluding hydrogens is 350 g/mol. The van der Waals surface area contributed by atoms with Gasteiger partial charge in [-0.25, -0.2) is 0 Å². The molecule has 1 saturated heterocycles. The first-order valence-corrected chi connectivity index (χ1v) is 10.2. The number of amides is 1. The van der Waals surface area contributed by atoms with Gasteiger partial charge in [0.05, 0.1) is 0 Å². The lowest BCUT2D eigenvalue weighted by Gasteiger charge is -2.36. The maximum Gasteiger partial charge on any atom is 0.264 e. The molecule has 2 aliphatic rings. The van der Waals surface area contributed by atoms with Crippen LogP contribution in [0, 0.1) is 6.92 Å². The Labute approximate surface area is 167 Å². The van der Waals surface area contributed by atoms with Gasteiger partial charge in [0.2, 0.25) is 0 Å². The molecule has 2 aliphatic heterocycles. The molecule has 0 aliphatic carbocycles. The molecule has 0 saturated carbocycles. The first-order chi connectivity index (χ1) is 13.7. The van der Waals surface area contributed by atoms with Crippen molar-refractivity contribution in [3.8, 4) is 5.75 Å². The maximum atomic E-state index is 13.1. The van der Waals surface area contributed by atoms with E-state index in [2.05, 4.69) is 39.8 Å². The number of ether oxygens (including phenoxy) is 1. The van der Waals surface area contributed by atoms with Gasteiger partial charge in [0, 0.05) is 38.2 Å². The molecule has 2 aromatic carbocycles. The summed E-state index contributed by atoms with van der Waals surface area (Å²) in [5.74, 6) is 0.762. The molecule has 148 valence electrons. The third-order valence-electron chi connectivity index (χ3n) is 5.81. The van der Waals surface area contributed by atoms with E-state index >= 15 is 0 Å². The van der Waals surface area contributed by atoms with Gasteiger partial charge in [-0.3, -0.25) is 4.79 Å². The second-order valence-electron chi connectivity index (χ2n) is 7.78. The summed E-state index contributed by atoms with van der Waals surface area (Å²) in [7, 11) is 0. The maximum absolute atomic E-state index is 13.1. The van der Waals surface area contributed by atoms with Gasteiger partial charge < -0.3 is 20.3 Å². The molecule has 0 unspecified atom stereocenters. The zero-order valence-electron chi connectivity index (χ0n) is 16.5. The summed E-state index contributed by atoms with van der Waals surface area (Å²) in [6.07, 6.45) is 2.44. The van der Waals surface area contributed by atoms with Gasteiger partial charge in [0.25, 0.3) is 5.91 Å². The summed E-state index contributed by atoms with van der Waals surface area (Å²) < 4.78 is 6.27. The van der Waals surface area contributed by atoms with Crippen LogP contribution in [0.1, 0.15) is 24.0 Å². The number of rotatable bonds is 6. The van der Waals surface area contributed by atoms with Crippen LogP contribution in [0.15, 0.2) is 48.5 Å². The summed E-state index contributed by atoms with van der Waals surface area (Å²) in [4.78, 5) is 15.5. The summed E-state index contributed by atoms with van der Waals surface area (Å²) in [5, 5.41) is 6.48. The van der Waals surface area contributed by atoms with Gasteiger partial charge in [-0.2, -0.15) is 0 Å². The molecular formula is C23H29N3O2. The Bertz CT molecular complexity index is 813. The molecule has 0 radical (unpaired) electrons. The standard InChI is InChI=1S/C23H29N3O2/c1-18-6-8-20(9-7-18)28-23(11-13-24-14-12-23)22(27)25-15-17-26-16-10-19-4-2-3-5-21(19)26/h2-9,24H,10-17H2,1H3,(H,25,27). The Kier molecular flexibility index (Phi) is 5.53. The van der Waals surface area contributed by atoms with Crippen LogP contribution in [-0.2, 0) is 11.2 Å². The molecule has 5 heteroatoms. The average Bonchev–Trinajstić information content (AvgIpc) is 3.14. The highest BCUT2D eigenvalue weighted by molar-refractivity contribution is 5.85. The average molecular weight is 380 g/mol. The number of hydrogen-bond donors (Lipinski definition) is 2. The van der Waals surface area contributed by atoms with Crippen LogP contribution in [0.5, 0.6) is 5.75 Å². The number of nitrogens with zero attached hydrogens (tertiary/aromatic N) is 1. The van der Waals surface area contributed by atoms with E-state index in [1.165, 1.54) is 16.8 Å². The normalized spacial score (nSPS) is 17.8. The van der Waals surface area contributed by atoms with Crippen molar-refractivity contribution >= 4 is 11.6 Å². The number of benzene rings is 2. The van der Waals surface area contributed by atoms with E-state index in [0.717, 1.165) is 38.3 Å². The van der Waals surface area contributed by atoms with E-state index in [1.807, 2.05) is 31.2 Å². The minimum absolute atomic E-state index is 0.00190. The smallest absolute Gasteiger partial charge is 0.264 e. The highest BCUT2D eigenvalue weighted by atomic mass is 16.5. The third-order valence-corrected chi connectivity index (χ3v) is 5.81. The zero-order chi connectivity index (χ0) is 19.4. The number of carbonyl (C=O) groups is 1. The van der Waals surface area contributed by atoms with E-state index < -0.39 is 5.60 Å². The molecule has 1 fully saturated rings. The second-order valence-corrected chi connectivity index (χ2v) is 7.78. The quantitative estimate of drug-likeness (QED) is 0.810. The molecule has 5 nitrogen and oxygen atoms in total. The van der Waals surface area contributed by atoms with Gasteiger partial charge in [0.1, 0.15) is 5.75 Å². The first kappa shape index (κ1) is 18.8. The van der Waals surface area contributed by atoms with Gasteiger partial charge in [-0.1, -0.05) is 35.9 Å². The van der Waals surface area contributed by atoms with Crippen molar-refractivity contribution in [1.29, 1.82) is 0 Å². The Hall–Kier alpha value is -2.53. The van der Waals surface area contributed by atoms with Crippen molar-refractivity contribution in [2.24, 2.45) is 0 Å². The van der Waals surface area contributed by atoms with Crippen LogP contribution in [0.3, 0.4) is 0 Å². The summed E-state index contributed by atoms with van der Waals surface area (Å²) in [5.41, 5.74) is 3.08. The predicted molar refractivity (Wildman–Crippen MR) is 112 cm³/mol. The monoisotopic (exact) mass is 379 g/mol. The van der Waals surface area contributed by atoms with E-state index in [9.17, 15) is 4.79 Å². The summed E-state index contributed by atoms with van der Waals surface area (Å²) >= 11 is 0. The Morgan fingerprint density at radius 1 is 1.14 bits per heavy atom. The molecule has 0 atom stereocenters. The van der Waals surface area contributed by atoms with Crippen molar-refractivity contribution < 1.29 is 9.53 Å². The number of fused-ring (bicyclic) bond motifs is 1. The minimum atomic E-state index is -0.788. The van der Waals surface area contributed by atoms with Gasteiger partial charge >= 0.3 is 0 Å². The predicted octanol–water partition coefficient (Wildman–Crippen LogP) is 2.67. The Morgan fingerprint density at radius 3 is 2.68 bits per heavy atom. The molecule has 2 heterocycles. The van der Waals surface area contributed by atoms with Crippen LogP contribution in [0.2, 0.25) is 0 Å². The number of aryl methyl sites for hydroxylation is 1. The highest BCUT2D eigenvalue weighted by Crippen LogP contribution is 2.28.